The minimum atomic E-state index is -0.360. The molecule has 0 aromatic heterocycles. The standard InChI is InChI=1S/C28H44N4O/c1-27(14-8-2-3-9-15-27)31-20-16-28(17-21-31)26(33)30(23-22-29-18-10-5-11-19-29)24-32(28)25-12-6-4-7-13-25/h4,6-7,12-13H,2-3,5,8-11,14-24H2,1H3. The van der Waals surface area contributed by atoms with Crippen molar-refractivity contribution < 1.29 is 4.79 Å². The Morgan fingerprint density at radius 1 is 0.758 bits per heavy atom. The molecule has 0 atom stereocenters. The van der Waals surface area contributed by atoms with E-state index in [-0.39, 0.29) is 5.54 Å². The van der Waals surface area contributed by atoms with Crippen LogP contribution >= 0.6 is 0 Å². The first-order valence-corrected chi connectivity index (χ1v) is 13.7. The molecule has 4 aliphatic rings. The first-order chi connectivity index (χ1) is 16.1. The van der Waals surface area contributed by atoms with Crippen molar-refractivity contribution in [2.75, 3.05) is 50.8 Å². The van der Waals surface area contributed by atoms with Gasteiger partial charge in [-0.05, 0) is 70.7 Å². The molecule has 3 aliphatic heterocycles. The Balaban J connectivity index is 1.32. The number of hydrogen-bond acceptors (Lipinski definition) is 4. The summed E-state index contributed by atoms with van der Waals surface area (Å²) in [6.45, 7) is 9.62. The maximum absolute atomic E-state index is 14.0. The lowest BCUT2D eigenvalue weighted by Gasteiger charge is -2.49. The summed E-state index contributed by atoms with van der Waals surface area (Å²) < 4.78 is 0. The van der Waals surface area contributed by atoms with Gasteiger partial charge in [-0.1, -0.05) is 50.3 Å². The van der Waals surface area contributed by atoms with Crippen LogP contribution < -0.4 is 4.90 Å². The van der Waals surface area contributed by atoms with Crippen LogP contribution in [0.5, 0.6) is 0 Å². The second-order valence-corrected chi connectivity index (χ2v) is 11.3. The van der Waals surface area contributed by atoms with Gasteiger partial charge in [0.25, 0.3) is 0 Å². The van der Waals surface area contributed by atoms with Crippen LogP contribution in [0.2, 0.25) is 0 Å². The molecule has 1 amide bonds. The van der Waals surface area contributed by atoms with Crippen molar-refractivity contribution in [1.29, 1.82) is 0 Å². The predicted molar refractivity (Wildman–Crippen MR) is 135 cm³/mol. The lowest BCUT2D eigenvalue weighted by Crippen LogP contribution is -2.60. The monoisotopic (exact) mass is 452 g/mol. The molecule has 1 aromatic rings. The van der Waals surface area contributed by atoms with E-state index >= 15 is 0 Å². The van der Waals surface area contributed by atoms with Crippen LogP contribution in [0, 0.1) is 0 Å². The Labute approximate surface area is 201 Å². The van der Waals surface area contributed by atoms with Gasteiger partial charge in [0, 0.05) is 37.4 Å². The summed E-state index contributed by atoms with van der Waals surface area (Å²) >= 11 is 0. The molecule has 1 aromatic carbocycles. The zero-order valence-electron chi connectivity index (χ0n) is 20.8. The van der Waals surface area contributed by atoms with Crippen LogP contribution in [0.4, 0.5) is 5.69 Å². The highest BCUT2D eigenvalue weighted by Crippen LogP contribution is 2.42. The molecular weight excluding hydrogens is 408 g/mol. The van der Waals surface area contributed by atoms with Gasteiger partial charge in [-0.3, -0.25) is 9.69 Å². The van der Waals surface area contributed by atoms with Gasteiger partial charge in [0.05, 0.1) is 6.67 Å². The topological polar surface area (TPSA) is 30.0 Å². The van der Waals surface area contributed by atoms with E-state index in [2.05, 4.69) is 56.9 Å². The summed E-state index contributed by atoms with van der Waals surface area (Å²) in [5, 5.41) is 0. The van der Waals surface area contributed by atoms with Crippen molar-refractivity contribution in [2.24, 2.45) is 0 Å². The zero-order valence-corrected chi connectivity index (χ0v) is 20.8. The molecule has 5 rings (SSSR count). The second kappa shape index (κ2) is 9.95. The highest BCUT2D eigenvalue weighted by molar-refractivity contribution is 5.93. The molecule has 0 radical (unpaired) electrons. The molecule has 0 N–H and O–H groups in total. The number of carbonyl (C=O) groups is 1. The molecular formula is C28H44N4O. The molecule has 5 heteroatoms. The molecule has 4 fully saturated rings. The molecule has 1 aliphatic carbocycles. The zero-order chi connectivity index (χ0) is 22.7. The Morgan fingerprint density at radius 3 is 2.06 bits per heavy atom. The number of benzene rings is 1. The lowest BCUT2D eigenvalue weighted by atomic mass is 9.81. The molecule has 0 unspecified atom stereocenters. The molecule has 1 spiro atoms. The fourth-order valence-corrected chi connectivity index (χ4v) is 7.04. The third kappa shape index (κ3) is 4.68. The fourth-order valence-electron chi connectivity index (χ4n) is 7.04. The van der Waals surface area contributed by atoms with Crippen LogP contribution in [0.15, 0.2) is 30.3 Å². The number of hydrogen-bond donors (Lipinski definition) is 0. The molecule has 3 saturated heterocycles. The molecule has 0 bridgehead atoms. The number of para-hydroxylation sites is 1. The van der Waals surface area contributed by atoms with E-state index in [0.717, 1.165) is 45.7 Å². The van der Waals surface area contributed by atoms with E-state index in [1.54, 1.807) is 0 Å². The maximum Gasteiger partial charge on any atom is 0.250 e. The fraction of sp³-hybridized carbons (Fsp3) is 0.750. The van der Waals surface area contributed by atoms with Crippen LogP contribution in [-0.4, -0.2) is 77.6 Å². The summed E-state index contributed by atoms with van der Waals surface area (Å²) in [5.74, 6) is 0.383. The normalized spacial score (nSPS) is 26.6. The average Bonchev–Trinajstić information content (AvgIpc) is 2.99. The number of amides is 1. The van der Waals surface area contributed by atoms with Crippen molar-refractivity contribution in [1.82, 2.24) is 14.7 Å². The van der Waals surface area contributed by atoms with E-state index < -0.39 is 0 Å². The molecule has 1 saturated carbocycles. The Bertz CT molecular complexity index is 774. The third-order valence-electron chi connectivity index (χ3n) is 9.25. The third-order valence-corrected chi connectivity index (χ3v) is 9.25. The van der Waals surface area contributed by atoms with Gasteiger partial charge in [-0.15, -0.1) is 0 Å². The number of carbonyl (C=O) groups excluding carboxylic acids is 1. The summed E-state index contributed by atoms with van der Waals surface area (Å²) in [7, 11) is 0. The number of nitrogens with zero attached hydrogens (tertiary/aromatic N) is 4. The summed E-state index contributed by atoms with van der Waals surface area (Å²) in [5.41, 5.74) is 1.17. The Hall–Kier alpha value is -1.59. The number of likely N-dealkylation sites (tertiary alicyclic amines) is 2. The second-order valence-electron chi connectivity index (χ2n) is 11.3. The van der Waals surface area contributed by atoms with E-state index in [1.165, 1.54) is 76.6 Å². The number of anilines is 1. The van der Waals surface area contributed by atoms with E-state index in [4.69, 9.17) is 0 Å². The molecule has 3 heterocycles. The number of rotatable bonds is 5. The van der Waals surface area contributed by atoms with Crippen LogP contribution in [-0.2, 0) is 4.79 Å². The summed E-state index contributed by atoms with van der Waals surface area (Å²) in [6.07, 6.45) is 14.0. The average molecular weight is 453 g/mol. The number of piperidine rings is 2. The van der Waals surface area contributed by atoms with Gasteiger partial charge in [0.15, 0.2) is 0 Å². The predicted octanol–water partition coefficient (Wildman–Crippen LogP) is 4.73. The van der Waals surface area contributed by atoms with Gasteiger partial charge in [0.2, 0.25) is 5.91 Å². The first kappa shape index (κ1) is 23.2. The minimum absolute atomic E-state index is 0.325. The lowest BCUT2D eigenvalue weighted by molar-refractivity contribution is -0.134. The quantitative estimate of drug-likeness (QED) is 0.605. The van der Waals surface area contributed by atoms with Crippen molar-refractivity contribution in [3.8, 4) is 0 Å². The van der Waals surface area contributed by atoms with E-state index in [9.17, 15) is 4.79 Å². The minimum Gasteiger partial charge on any atom is -0.339 e. The smallest absolute Gasteiger partial charge is 0.250 e. The van der Waals surface area contributed by atoms with E-state index in [0.29, 0.717) is 11.4 Å². The summed E-state index contributed by atoms with van der Waals surface area (Å²) in [4.78, 5) is 23.9. The Morgan fingerprint density at radius 2 is 1.39 bits per heavy atom. The highest BCUT2D eigenvalue weighted by atomic mass is 16.2. The van der Waals surface area contributed by atoms with Crippen molar-refractivity contribution >= 4 is 11.6 Å². The van der Waals surface area contributed by atoms with Crippen molar-refractivity contribution in [3.63, 3.8) is 0 Å². The SMILES string of the molecule is CC1(N2CCC3(CC2)C(=O)N(CCN2CCCCC2)CN3c2ccccc2)CCCCCC1. The van der Waals surface area contributed by atoms with Gasteiger partial charge in [-0.25, -0.2) is 0 Å². The largest absolute Gasteiger partial charge is 0.339 e. The van der Waals surface area contributed by atoms with Crippen molar-refractivity contribution in [2.45, 2.75) is 88.6 Å². The van der Waals surface area contributed by atoms with Crippen LogP contribution in [0.3, 0.4) is 0 Å². The Kier molecular flexibility index (Phi) is 6.99. The van der Waals surface area contributed by atoms with Crippen LogP contribution in [0.1, 0.15) is 77.6 Å². The summed E-state index contributed by atoms with van der Waals surface area (Å²) in [6, 6.07) is 10.7. The first-order valence-electron chi connectivity index (χ1n) is 13.7. The molecule has 5 nitrogen and oxygen atoms in total. The maximum atomic E-state index is 14.0. The van der Waals surface area contributed by atoms with Crippen LogP contribution in [0.25, 0.3) is 0 Å². The molecule has 182 valence electrons. The van der Waals surface area contributed by atoms with Crippen molar-refractivity contribution in [3.05, 3.63) is 30.3 Å². The highest BCUT2D eigenvalue weighted by Gasteiger charge is 2.54. The van der Waals surface area contributed by atoms with Gasteiger partial charge in [-0.2, -0.15) is 0 Å². The van der Waals surface area contributed by atoms with Gasteiger partial charge < -0.3 is 14.7 Å². The van der Waals surface area contributed by atoms with Gasteiger partial charge >= 0.3 is 0 Å². The molecule has 33 heavy (non-hydrogen) atoms. The van der Waals surface area contributed by atoms with E-state index in [1.807, 2.05) is 0 Å². The van der Waals surface area contributed by atoms with Gasteiger partial charge in [0.1, 0.15) is 5.54 Å².